The first kappa shape index (κ1) is 15.4. The van der Waals surface area contributed by atoms with Crippen molar-refractivity contribution in [1.29, 1.82) is 0 Å². The van der Waals surface area contributed by atoms with Gasteiger partial charge in [0.2, 0.25) is 5.91 Å². The summed E-state index contributed by atoms with van der Waals surface area (Å²) in [6.45, 7) is 0. The number of carboxylic acids is 1. The predicted octanol–water partition coefficient (Wildman–Crippen LogP) is 2.08. The van der Waals surface area contributed by atoms with E-state index in [9.17, 15) is 19.8 Å². The van der Waals surface area contributed by atoms with Crippen LogP contribution >= 0.6 is 0 Å². The summed E-state index contributed by atoms with van der Waals surface area (Å²) in [7, 11) is 0. The van der Waals surface area contributed by atoms with Crippen LogP contribution in [0.3, 0.4) is 0 Å². The molecule has 0 bridgehead atoms. The zero-order valence-electron chi connectivity index (χ0n) is 11.9. The summed E-state index contributed by atoms with van der Waals surface area (Å²) in [5.41, 5.74) is 0.768. The first-order valence-electron chi connectivity index (χ1n) is 7.37. The number of carboxylic acid groups (broad SMARTS) is 1. The lowest BCUT2D eigenvalue weighted by Gasteiger charge is -2.23. The third-order valence-corrected chi connectivity index (χ3v) is 3.97. The van der Waals surface area contributed by atoms with Crippen molar-refractivity contribution in [3.63, 3.8) is 0 Å². The maximum Gasteiger partial charge on any atom is 0.326 e. The smallest absolute Gasteiger partial charge is 0.326 e. The minimum Gasteiger partial charge on any atom is -0.508 e. The van der Waals surface area contributed by atoms with Crippen LogP contribution in [0.4, 0.5) is 0 Å². The molecule has 1 fully saturated rings. The van der Waals surface area contributed by atoms with Crippen molar-refractivity contribution in [1.82, 2.24) is 5.32 Å². The molecule has 1 amide bonds. The molecule has 1 atom stereocenters. The zero-order valence-corrected chi connectivity index (χ0v) is 11.9. The molecule has 0 saturated heterocycles. The van der Waals surface area contributed by atoms with Gasteiger partial charge in [0.1, 0.15) is 11.8 Å². The number of carbonyl (C=O) groups is 2. The van der Waals surface area contributed by atoms with E-state index in [1.54, 1.807) is 12.1 Å². The van der Waals surface area contributed by atoms with Gasteiger partial charge in [0.25, 0.3) is 0 Å². The lowest BCUT2D eigenvalue weighted by molar-refractivity contribution is -0.142. The Morgan fingerprint density at radius 3 is 2.33 bits per heavy atom. The number of aromatic hydroxyl groups is 1. The molecule has 0 aliphatic heterocycles. The molecular weight excluding hydrogens is 270 g/mol. The zero-order chi connectivity index (χ0) is 15.2. The third-order valence-electron chi connectivity index (χ3n) is 3.97. The Labute approximate surface area is 124 Å². The van der Waals surface area contributed by atoms with Gasteiger partial charge in [0.05, 0.1) is 0 Å². The number of nitrogens with one attached hydrogen (secondary N) is 1. The summed E-state index contributed by atoms with van der Waals surface area (Å²) >= 11 is 0. The highest BCUT2D eigenvalue weighted by atomic mass is 16.4. The van der Waals surface area contributed by atoms with Gasteiger partial charge in [-0.05, 0) is 30.5 Å². The highest BCUT2D eigenvalue weighted by Gasteiger charge is 2.26. The number of carbonyl (C=O) groups excluding carboxylic acids is 1. The van der Waals surface area contributed by atoms with Gasteiger partial charge in [-0.2, -0.15) is 0 Å². The molecule has 1 aliphatic rings. The van der Waals surface area contributed by atoms with E-state index in [1.807, 2.05) is 0 Å². The molecule has 0 heterocycles. The van der Waals surface area contributed by atoms with E-state index in [-0.39, 0.29) is 24.0 Å². The Morgan fingerprint density at radius 1 is 1.14 bits per heavy atom. The van der Waals surface area contributed by atoms with Crippen LogP contribution in [-0.4, -0.2) is 28.1 Å². The van der Waals surface area contributed by atoms with E-state index in [2.05, 4.69) is 5.32 Å². The summed E-state index contributed by atoms with van der Waals surface area (Å²) in [4.78, 5) is 23.5. The molecular formula is C16H21NO4. The van der Waals surface area contributed by atoms with Gasteiger partial charge >= 0.3 is 5.97 Å². The summed E-state index contributed by atoms with van der Waals surface area (Å²) in [5.74, 6) is -1.11. The van der Waals surface area contributed by atoms with Crippen LogP contribution < -0.4 is 5.32 Å². The molecule has 0 aromatic heterocycles. The van der Waals surface area contributed by atoms with Crippen LogP contribution in [-0.2, 0) is 16.0 Å². The largest absolute Gasteiger partial charge is 0.508 e. The first-order valence-corrected chi connectivity index (χ1v) is 7.37. The number of phenols is 1. The average molecular weight is 291 g/mol. The van der Waals surface area contributed by atoms with Crippen LogP contribution in [0.25, 0.3) is 0 Å². The fourth-order valence-corrected chi connectivity index (χ4v) is 2.72. The van der Waals surface area contributed by atoms with E-state index < -0.39 is 12.0 Å². The van der Waals surface area contributed by atoms with E-state index in [0.717, 1.165) is 37.7 Å². The van der Waals surface area contributed by atoms with Crippen molar-refractivity contribution in [2.45, 2.75) is 44.6 Å². The second-order valence-corrected chi connectivity index (χ2v) is 5.60. The summed E-state index contributed by atoms with van der Waals surface area (Å²) in [5, 5.41) is 21.2. The van der Waals surface area contributed by atoms with Crippen LogP contribution in [0, 0.1) is 5.92 Å². The van der Waals surface area contributed by atoms with Crippen molar-refractivity contribution in [2.24, 2.45) is 5.92 Å². The highest BCUT2D eigenvalue weighted by Crippen LogP contribution is 2.24. The first-order chi connectivity index (χ1) is 10.1. The molecule has 0 spiro atoms. The van der Waals surface area contributed by atoms with Crippen LogP contribution in [0.5, 0.6) is 5.75 Å². The molecule has 0 radical (unpaired) electrons. The van der Waals surface area contributed by atoms with E-state index in [1.165, 1.54) is 12.1 Å². The molecule has 3 N–H and O–H groups in total. The monoisotopic (exact) mass is 291 g/mol. The quantitative estimate of drug-likeness (QED) is 0.775. The molecule has 0 unspecified atom stereocenters. The Morgan fingerprint density at radius 2 is 1.76 bits per heavy atom. The van der Waals surface area contributed by atoms with Crippen molar-refractivity contribution in [2.75, 3.05) is 0 Å². The fourth-order valence-electron chi connectivity index (χ4n) is 2.72. The van der Waals surface area contributed by atoms with Gasteiger partial charge in [-0.3, -0.25) is 4.79 Å². The molecule has 5 nitrogen and oxygen atoms in total. The van der Waals surface area contributed by atoms with Crippen molar-refractivity contribution in [3.8, 4) is 5.75 Å². The number of benzene rings is 1. The third kappa shape index (κ3) is 4.48. The second-order valence-electron chi connectivity index (χ2n) is 5.60. The van der Waals surface area contributed by atoms with Gasteiger partial charge in [-0.1, -0.05) is 31.4 Å². The molecule has 1 saturated carbocycles. The number of hydrogen-bond donors (Lipinski definition) is 3. The lowest BCUT2D eigenvalue weighted by Crippen LogP contribution is -2.45. The maximum absolute atomic E-state index is 12.1. The lowest BCUT2D eigenvalue weighted by atomic mass is 9.88. The maximum atomic E-state index is 12.1. The highest BCUT2D eigenvalue weighted by molar-refractivity contribution is 5.85. The number of amides is 1. The summed E-state index contributed by atoms with van der Waals surface area (Å²) in [6, 6.07) is 5.42. The van der Waals surface area contributed by atoms with E-state index in [4.69, 9.17) is 0 Å². The van der Waals surface area contributed by atoms with Crippen molar-refractivity contribution < 1.29 is 19.8 Å². The average Bonchev–Trinajstić information content (AvgIpc) is 2.49. The predicted molar refractivity (Wildman–Crippen MR) is 78.0 cm³/mol. The van der Waals surface area contributed by atoms with Crippen LogP contribution in [0.1, 0.15) is 37.7 Å². The van der Waals surface area contributed by atoms with Gasteiger partial charge in [0.15, 0.2) is 0 Å². The number of rotatable bonds is 5. The molecule has 114 valence electrons. The summed E-state index contributed by atoms with van der Waals surface area (Å²) < 4.78 is 0. The minimum absolute atomic E-state index is 0.0552. The molecule has 1 aliphatic carbocycles. The Hall–Kier alpha value is -2.04. The standard InChI is InChI=1S/C16H21NO4/c18-13-8-6-11(7-9-13)10-14(16(20)21)17-15(19)12-4-2-1-3-5-12/h6-9,12,14,18H,1-5,10H2,(H,17,19)(H,20,21)/t14-/m0/s1. The Bertz CT molecular complexity index is 492. The molecule has 1 aromatic rings. The Balaban J connectivity index is 1.96. The minimum atomic E-state index is -1.03. The van der Waals surface area contributed by atoms with Gasteiger partial charge in [-0.15, -0.1) is 0 Å². The number of aliphatic carboxylic acids is 1. The fraction of sp³-hybridized carbons (Fsp3) is 0.500. The Kier molecular flexibility index (Phi) is 5.20. The molecule has 21 heavy (non-hydrogen) atoms. The molecule has 2 rings (SSSR count). The molecule has 5 heteroatoms. The van der Waals surface area contributed by atoms with Crippen LogP contribution in [0.15, 0.2) is 24.3 Å². The second kappa shape index (κ2) is 7.11. The molecule has 1 aromatic carbocycles. The van der Waals surface area contributed by atoms with Gasteiger partial charge < -0.3 is 15.5 Å². The topological polar surface area (TPSA) is 86.6 Å². The van der Waals surface area contributed by atoms with E-state index >= 15 is 0 Å². The number of phenolic OH excluding ortho intramolecular Hbond substituents is 1. The van der Waals surface area contributed by atoms with E-state index in [0.29, 0.717) is 0 Å². The normalized spacial score (nSPS) is 17.1. The summed E-state index contributed by atoms with van der Waals surface area (Å²) in [6.07, 6.45) is 5.13. The number of hydrogen-bond acceptors (Lipinski definition) is 3. The van der Waals surface area contributed by atoms with Crippen LogP contribution in [0.2, 0.25) is 0 Å². The van der Waals surface area contributed by atoms with Gasteiger partial charge in [0, 0.05) is 12.3 Å². The van der Waals surface area contributed by atoms with Crippen molar-refractivity contribution in [3.05, 3.63) is 29.8 Å². The van der Waals surface area contributed by atoms with Gasteiger partial charge in [-0.25, -0.2) is 4.79 Å². The SMILES string of the molecule is O=C(N[C@@H](Cc1ccc(O)cc1)C(=O)O)C1CCCCC1. The van der Waals surface area contributed by atoms with Crippen molar-refractivity contribution >= 4 is 11.9 Å².